The summed E-state index contributed by atoms with van der Waals surface area (Å²) in [5, 5.41) is 14.0. The van der Waals surface area contributed by atoms with Crippen molar-refractivity contribution >= 4 is 28.6 Å². The first-order chi connectivity index (χ1) is 9.54. The Hall–Kier alpha value is -1.85. The van der Waals surface area contributed by atoms with Crippen molar-refractivity contribution in [3.63, 3.8) is 0 Å². The van der Waals surface area contributed by atoms with E-state index in [0.29, 0.717) is 17.9 Å². The molecule has 20 heavy (non-hydrogen) atoms. The molecule has 0 aromatic heterocycles. The largest absolute Gasteiger partial charge is 0.545 e. The summed E-state index contributed by atoms with van der Waals surface area (Å²) in [7, 11) is 0. The molecule has 1 heterocycles. The quantitative estimate of drug-likeness (QED) is 0.675. The van der Waals surface area contributed by atoms with E-state index >= 15 is 0 Å². The zero-order valence-corrected chi connectivity index (χ0v) is 11.9. The Balaban J connectivity index is 2.64. The number of hydrogen-bond donors (Lipinski definition) is 1. The van der Waals surface area contributed by atoms with Crippen LogP contribution in [-0.2, 0) is 9.53 Å². The minimum atomic E-state index is -1.26. The first-order valence-electron chi connectivity index (χ1n) is 6.18. The SMILES string of the molecule is CCO[C@H]1N=C(Cl)N/C(=C(/C)C(=O)[O-])c2ccccc21. The number of carbonyl (C=O) groups is 1. The summed E-state index contributed by atoms with van der Waals surface area (Å²) in [4.78, 5) is 15.3. The van der Waals surface area contributed by atoms with Crippen LogP contribution in [0.4, 0.5) is 0 Å². The lowest BCUT2D eigenvalue weighted by molar-refractivity contribution is -0.299. The van der Waals surface area contributed by atoms with Crippen molar-refractivity contribution in [1.29, 1.82) is 0 Å². The minimum Gasteiger partial charge on any atom is -0.545 e. The first kappa shape index (κ1) is 14.6. The zero-order chi connectivity index (χ0) is 14.7. The topological polar surface area (TPSA) is 73.8 Å². The van der Waals surface area contributed by atoms with Gasteiger partial charge in [0.05, 0.1) is 11.7 Å². The number of rotatable bonds is 3. The number of aliphatic imine (C=N–C) groups is 1. The van der Waals surface area contributed by atoms with Crippen LogP contribution in [-0.4, -0.2) is 17.9 Å². The molecule has 1 aromatic carbocycles. The van der Waals surface area contributed by atoms with E-state index in [0.717, 1.165) is 5.56 Å². The third kappa shape index (κ3) is 2.84. The molecule has 1 aliphatic heterocycles. The van der Waals surface area contributed by atoms with Crippen LogP contribution >= 0.6 is 11.6 Å². The van der Waals surface area contributed by atoms with E-state index in [1.807, 2.05) is 25.1 Å². The number of nitrogens with zero attached hydrogens (tertiary/aromatic N) is 1. The fraction of sp³-hybridized carbons (Fsp3) is 0.286. The standard InChI is InChI=1S/C14H15ClN2O3/c1-3-20-12-10-7-5-4-6-9(10)11(8(2)13(18)19)16-14(15)17-12/h4-7,12H,3H2,1-2H3,(H,16,17)(H,18,19)/p-1/b11-8-/t12-/m1/s1. The number of carbonyl (C=O) groups excluding carboxylic acids is 1. The first-order valence-corrected chi connectivity index (χ1v) is 6.55. The van der Waals surface area contributed by atoms with Gasteiger partial charge in [-0.1, -0.05) is 24.3 Å². The second-order valence-corrected chi connectivity index (χ2v) is 4.59. The van der Waals surface area contributed by atoms with Crippen LogP contribution in [0.15, 0.2) is 34.8 Å². The molecule has 5 nitrogen and oxygen atoms in total. The Morgan fingerprint density at radius 3 is 2.85 bits per heavy atom. The van der Waals surface area contributed by atoms with Crippen LogP contribution in [0.25, 0.3) is 5.70 Å². The highest BCUT2D eigenvalue weighted by Gasteiger charge is 2.22. The number of nitrogens with one attached hydrogen (secondary N) is 1. The second-order valence-electron chi connectivity index (χ2n) is 4.23. The van der Waals surface area contributed by atoms with Gasteiger partial charge in [-0.3, -0.25) is 0 Å². The average molecular weight is 294 g/mol. The lowest BCUT2D eigenvalue weighted by Gasteiger charge is -2.16. The Labute approximate surface area is 121 Å². The number of carboxylic acid groups (broad SMARTS) is 1. The van der Waals surface area contributed by atoms with Crippen LogP contribution < -0.4 is 10.4 Å². The molecular weight excluding hydrogens is 280 g/mol. The summed E-state index contributed by atoms with van der Waals surface area (Å²) in [5.74, 6) is -1.26. The van der Waals surface area contributed by atoms with Crippen molar-refractivity contribution in [2.24, 2.45) is 4.99 Å². The Bertz CT molecular complexity index is 596. The summed E-state index contributed by atoms with van der Waals surface area (Å²) < 4.78 is 5.55. The van der Waals surface area contributed by atoms with Gasteiger partial charge in [-0.2, -0.15) is 0 Å². The van der Waals surface area contributed by atoms with E-state index < -0.39 is 12.2 Å². The van der Waals surface area contributed by atoms with E-state index in [1.54, 1.807) is 6.07 Å². The van der Waals surface area contributed by atoms with Crippen LogP contribution in [0.5, 0.6) is 0 Å². The highest BCUT2D eigenvalue weighted by Crippen LogP contribution is 2.31. The van der Waals surface area contributed by atoms with Crippen molar-refractivity contribution < 1.29 is 14.6 Å². The second kappa shape index (κ2) is 6.07. The van der Waals surface area contributed by atoms with Crippen molar-refractivity contribution in [2.75, 3.05) is 6.61 Å². The van der Waals surface area contributed by atoms with Crippen molar-refractivity contribution in [3.8, 4) is 0 Å². The third-order valence-corrected chi connectivity index (χ3v) is 3.15. The number of aliphatic carboxylic acids is 1. The predicted molar refractivity (Wildman–Crippen MR) is 74.8 cm³/mol. The molecule has 0 radical (unpaired) electrons. The number of hydrogen-bond acceptors (Lipinski definition) is 5. The number of fused-ring (bicyclic) bond motifs is 1. The maximum Gasteiger partial charge on any atom is 0.198 e. The predicted octanol–water partition coefficient (Wildman–Crippen LogP) is 1.40. The smallest absolute Gasteiger partial charge is 0.198 e. The van der Waals surface area contributed by atoms with Crippen LogP contribution in [0.2, 0.25) is 0 Å². The molecule has 0 spiro atoms. The highest BCUT2D eigenvalue weighted by atomic mass is 35.5. The molecule has 0 unspecified atom stereocenters. The normalized spacial score (nSPS) is 20.4. The average Bonchev–Trinajstić information content (AvgIpc) is 2.56. The van der Waals surface area contributed by atoms with Gasteiger partial charge in [-0.25, -0.2) is 4.99 Å². The number of benzene rings is 1. The molecule has 1 aromatic rings. The van der Waals surface area contributed by atoms with Crippen LogP contribution in [0.1, 0.15) is 31.2 Å². The molecule has 106 valence electrons. The van der Waals surface area contributed by atoms with Crippen molar-refractivity contribution in [1.82, 2.24) is 5.32 Å². The van der Waals surface area contributed by atoms with Crippen molar-refractivity contribution in [2.45, 2.75) is 20.1 Å². The van der Waals surface area contributed by atoms with E-state index in [2.05, 4.69) is 10.3 Å². The molecule has 0 bridgehead atoms. The molecule has 6 heteroatoms. The van der Waals surface area contributed by atoms with Gasteiger partial charge >= 0.3 is 0 Å². The van der Waals surface area contributed by atoms with E-state index in [1.165, 1.54) is 6.92 Å². The van der Waals surface area contributed by atoms with Crippen molar-refractivity contribution in [3.05, 3.63) is 41.0 Å². The highest BCUT2D eigenvalue weighted by molar-refractivity contribution is 6.65. The van der Waals surface area contributed by atoms with Gasteiger partial charge in [0.2, 0.25) is 0 Å². The van der Waals surface area contributed by atoms with Gasteiger partial charge in [0.1, 0.15) is 0 Å². The van der Waals surface area contributed by atoms with E-state index in [4.69, 9.17) is 16.3 Å². The fourth-order valence-electron chi connectivity index (χ4n) is 2.00. The van der Waals surface area contributed by atoms with Gasteiger partial charge in [-0.15, -0.1) is 0 Å². The monoisotopic (exact) mass is 293 g/mol. The molecule has 0 fully saturated rings. The molecular formula is C14H14ClN2O3-. The minimum absolute atomic E-state index is 0.0583. The van der Waals surface area contributed by atoms with Gasteiger partial charge in [0.15, 0.2) is 11.5 Å². The third-order valence-electron chi connectivity index (χ3n) is 2.96. The summed E-state index contributed by atoms with van der Waals surface area (Å²) in [5.41, 5.74) is 1.87. The Morgan fingerprint density at radius 1 is 1.50 bits per heavy atom. The van der Waals surface area contributed by atoms with Crippen LogP contribution in [0.3, 0.4) is 0 Å². The van der Waals surface area contributed by atoms with E-state index in [9.17, 15) is 9.90 Å². The summed E-state index contributed by atoms with van der Waals surface area (Å²) >= 11 is 6.00. The molecule has 1 atom stereocenters. The number of carboxylic acids is 1. The van der Waals surface area contributed by atoms with Gasteiger partial charge in [0, 0.05) is 17.7 Å². The van der Waals surface area contributed by atoms with Gasteiger partial charge < -0.3 is 20.0 Å². The summed E-state index contributed by atoms with van der Waals surface area (Å²) in [6.45, 7) is 3.78. The molecule has 2 rings (SSSR count). The fourth-order valence-corrected chi connectivity index (χ4v) is 2.18. The lowest BCUT2D eigenvalue weighted by atomic mass is 10.0. The summed E-state index contributed by atoms with van der Waals surface area (Å²) in [6.07, 6.45) is -0.566. The summed E-state index contributed by atoms with van der Waals surface area (Å²) in [6, 6.07) is 7.27. The Morgan fingerprint density at radius 2 is 2.20 bits per heavy atom. The van der Waals surface area contributed by atoms with Gasteiger partial charge in [-0.05, 0) is 31.0 Å². The molecule has 0 amide bonds. The zero-order valence-electron chi connectivity index (χ0n) is 11.1. The molecule has 1 aliphatic rings. The maximum absolute atomic E-state index is 11.1. The molecule has 0 aliphatic carbocycles. The maximum atomic E-state index is 11.1. The molecule has 1 N–H and O–H groups in total. The lowest BCUT2D eigenvalue weighted by Crippen LogP contribution is -2.27. The number of amidine groups is 1. The molecule has 0 saturated carbocycles. The number of halogens is 1. The molecule has 0 saturated heterocycles. The van der Waals surface area contributed by atoms with E-state index in [-0.39, 0.29) is 10.9 Å². The number of ether oxygens (including phenoxy) is 1. The van der Waals surface area contributed by atoms with Crippen LogP contribution in [0, 0.1) is 0 Å². The Kier molecular flexibility index (Phi) is 4.42. The van der Waals surface area contributed by atoms with Gasteiger partial charge in [0.25, 0.3) is 0 Å².